The number of nitrogens with one attached hydrogen (secondary N) is 2. The molecule has 0 unspecified atom stereocenters. The maximum Gasteiger partial charge on any atom is 0.244 e. The lowest BCUT2D eigenvalue weighted by molar-refractivity contribution is -0.116. The Balaban J connectivity index is 1.75. The van der Waals surface area contributed by atoms with Gasteiger partial charge in [-0.05, 0) is 53.0 Å². The monoisotopic (exact) mass is 422 g/mol. The minimum absolute atomic E-state index is 0.186. The smallest absolute Gasteiger partial charge is 0.244 e. The fourth-order valence-corrected chi connectivity index (χ4v) is 2.61. The first-order chi connectivity index (χ1) is 14.8. The predicted molar refractivity (Wildman–Crippen MR) is 124 cm³/mol. The van der Waals surface area contributed by atoms with Gasteiger partial charge in [-0.15, -0.1) is 0 Å². The average Bonchev–Trinajstić information content (AvgIpc) is 2.79. The van der Waals surface area contributed by atoms with Gasteiger partial charge in [-0.3, -0.25) is 9.59 Å². The quantitative estimate of drug-likeness (QED) is 0.573. The molecule has 6 nitrogen and oxygen atoms in total. The van der Waals surface area contributed by atoms with Gasteiger partial charge in [0.25, 0.3) is 0 Å². The number of amides is 2. The van der Waals surface area contributed by atoms with Crippen LogP contribution in [0.1, 0.15) is 25.0 Å². The van der Waals surface area contributed by atoms with E-state index in [1.54, 1.807) is 26.4 Å². The molecule has 0 saturated carbocycles. The van der Waals surface area contributed by atoms with Gasteiger partial charge >= 0.3 is 0 Å². The number of carbonyl (C=O) groups excluding carboxylic acids is 2. The Kier molecular flexibility index (Phi) is 8.88. The molecule has 0 aliphatic rings. The Bertz CT molecular complexity index is 838. The summed E-state index contributed by atoms with van der Waals surface area (Å²) < 4.78 is 10.2. The van der Waals surface area contributed by atoms with Crippen molar-refractivity contribution in [2.75, 3.05) is 27.3 Å². The van der Waals surface area contributed by atoms with Crippen molar-refractivity contribution in [1.29, 1.82) is 0 Å². The SMILES string of the molecule is COc1ccc(C=CC(=O)NCC(C)(C)CNC(=O)C=Cc2ccc(OC)cc2)cc1. The highest BCUT2D eigenvalue weighted by molar-refractivity contribution is 5.92. The maximum absolute atomic E-state index is 12.1. The normalized spacial score (nSPS) is 11.5. The van der Waals surface area contributed by atoms with Crippen molar-refractivity contribution in [2.45, 2.75) is 13.8 Å². The Morgan fingerprint density at radius 3 is 1.42 bits per heavy atom. The summed E-state index contributed by atoms with van der Waals surface area (Å²) in [4.78, 5) is 24.2. The molecule has 0 spiro atoms. The second-order valence-electron chi connectivity index (χ2n) is 7.81. The van der Waals surface area contributed by atoms with E-state index in [0.717, 1.165) is 22.6 Å². The molecule has 2 amide bonds. The molecule has 2 aromatic carbocycles. The van der Waals surface area contributed by atoms with E-state index in [1.807, 2.05) is 62.4 Å². The van der Waals surface area contributed by atoms with Crippen LogP contribution in [-0.4, -0.2) is 39.1 Å². The number of methoxy groups -OCH3 is 2. The summed E-state index contributed by atoms with van der Waals surface area (Å²) in [6, 6.07) is 14.9. The van der Waals surface area contributed by atoms with Crippen LogP contribution in [-0.2, 0) is 9.59 Å². The maximum atomic E-state index is 12.1. The highest BCUT2D eigenvalue weighted by Gasteiger charge is 2.19. The van der Waals surface area contributed by atoms with E-state index in [9.17, 15) is 9.59 Å². The number of hydrogen-bond donors (Lipinski definition) is 2. The van der Waals surface area contributed by atoms with E-state index in [0.29, 0.717) is 13.1 Å². The highest BCUT2D eigenvalue weighted by Crippen LogP contribution is 2.14. The van der Waals surface area contributed by atoms with Crippen LogP contribution < -0.4 is 20.1 Å². The van der Waals surface area contributed by atoms with Gasteiger partial charge in [0.15, 0.2) is 0 Å². The van der Waals surface area contributed by atoms with Crippen molar-refractivity contribution in [2.24, 2.45) is 5.41 Å². The zero-order chi connectivity index (χ0) is 22.7. The fraction of sp³-hybridized carbons (Fsp3) is 0.280. The third kappa shape index (κ3) is 8.78. The van der Waals surface area contributed by atoms with Crippen LogP contribution in [0.25, 0.3) is 12.2 Å². The average molecular weight is 423 g/mol. The molecule has 0 aliphatic heterocycles. The van der Waals surface area contributed by atoms with Gasteiger partial charge in [0.2, 0.25) is 11.8 Å². The molecule has 0 atom stereocenters. The van der Waals surface area contributed by atoms with Crippen molar-refractivity contribution in [3.05, 3.63) is 71.8 Å². The number of hydrogen-bond acceptors (Lipinski definition) is 4. The fourth-order valence-electron chi connectivity index (χ4n) is 2.61. The number of rotatable bonds is 10. The highest BCUT2D eigenvalue weighted by atomic mass is 16.5. The molecule has 31 heavy (non-hydrogen) atoms. The lowest BCUT2D eigenvalue weighted by atomic mass is 9.93. The number of carbonyl (C=O) groups is 2. The molecule has 0 bridgehead atoms. The first kappa shape index (κ1) is 23.7. The lowest BCUT2D eigenvalue weighted by Crippen LogP contribution is -2.41. The van der Waals surface area contributed by atoms with E-state index in [2.05, 4.69) is 10.6 Å². The van der Waals surface area contributed by atoms with Crippen molar-refractivity contribution >= 4 is 24.0 Å². The number of benzene rings is 2. The van der Waals surface area contributed by atoms with Gasteiger partial charge in [-0.25, -0.2) is 0 Å². The Morgan fingerprint density at radius 1 is 0.742 bits per heavy atom. The minimum Gasteiger partial charge on any atom is -0.497 e. The molecule has 6 heteroatoms. The summed E-state index contributed by atoms with van der Waals surface area (Å²) in [5.74, 6) is 1.16. The summed E-state index contributed by atoms with van der Waals surface area (Å²) in [7, 11) is 3.22. The molecule has 2 N–H and O–H groups in total. The van der Waals surface area contributed by atoms with Crippen LogP contribution >= 0.6 is 0 Å². The summed E-state index contributed by atoms with van der Waals surface area (Å²) in [5, 5.41) is 5.75. The molecule has 164 valence electrons. The third-order valence-corrected chi connectivity index (χ3v) is 4.57. The molecule has 0 fully saturated rings. The van der Waals surface area contributed by atoms with Crippen LogP contribution in [0.4, 0.5) is 0 Å². The Labute approximate surface area is 184 Å². The zero-order valence-electron chi connectivity index (χ0n) is 18.5. The molecular formula is C25H30N2O4. The third-order valence-electron chi connectivity index (χ3n) is 4.57. The van der Waals surface area contributed by atoms with Crippen LogP contribution in [0.2, 0.25) is 0 Å². The lowest BCUT2D eigenvalue weighted by Gasteiger charge is -2.24. The predicted octanol–water partition coefficient (Wildman–Crippen LogP) is 3.69. The van der Waals surface area contributed by atoms with Crippen LogP contribution in [0, 0.1) is 5.41 Å². The van der Waals surface area contributed by atoms with Crippen LogP contribution in [0.15, 0.2) is 60.7 Å². The van der Waals surface area contributed by atoms with Gasteiger partial charge in [0.05, 0.1) is 14.2 Å². The molecule has 0 aromatic heterocycles. The van der Waals surface area contributed by atoms with Gasteiger partial charge in [-0.1, -0.05) is 38.1 Å². The minimum atomic E-state index is -0.298. The van der Waals surface area contributed by atoms with Crippen LogP contribution in [0.3, 0.4) is 0 Å². The first-order valence-corrected chi connectivity index (χ1v) is 10.0. The Morgan fingerprint density at radius 2 is 1.10 bits per heavy atom. The zero-order valence-corrected chi connectivity index (χ0v) is 18.5. The van der Waals surface area contributed by atoms with Gasteiger partial charge in [0.1, 0.15) is 11.5 Å². The summed E-state index contributed by atoms with van der Waals surface area (Å²) in [6.45, 7) is 4.82. The molecule has 0 heterocycles. The summed E-state index contributed by atoms with van der Waals surface area (Å²) in [5.41, 5.74) is 1.52. The van der Waals surface area contributed by atoms with E-state index in [-0.39, 0.29) is 17.2 Å². The molecule has 0 saturated heterocycles. The Hall–Kier alpha value is -3.54. The van der Waals surface area contributed by atoms with E-state index in [4.69, 9.17) is 9.47 Å². The second-order valence-corrected chi connectivity index (χ2v) is 7.81. The molecule has 0 radical (unpaired) electrons. The standard InChI is InChI=1S/C25H30N2O4/c1-25(2,17-26-23(28)15-9-19-5-11-21(30-3)12-6-19)18-27-24(29)16-10-20-7-13-22(31-4)14-8-20/h5-16H,17-18H2,1-4H3,(H,26,28)(H,27,29). The molecular weight excluding hydrogens is 392 g/mol. The topological polar surface area (TPSA) is 76.7 Å². The largest absolute Gasteiger partial charge is 0.497 e. The number of ether oxygens (including phenoxy) is 2. The molecule has 2 aromatic rings. The molecule has 0 aliphatic carbocycles. The van der Waals surface area contributed by atoms with Crippen molar-refractivity contribution in [3.63, 3.8) is 0 Å². The van der Waals surface area contributed by atoms with E-state index < -0.39 is 0 Å². The second kappa shape index (κ2) is 11.6. The summed E-state index contributed by atoms with van der Waals surface area (Å²) >= 11 is 0. The van der Waals surface area contributed by atoms with Gasteiger partial charge in [0, 0.05) is 25.2 Å². The van der Waals surface area contributed by atoms with Crippen molar-refractivity contribution in [3.8, 4) is 11.5 Å². The van der Waals surface area contributed by atoms with Crippen LogP contribution in [0.5, 0.6) is 11.5 Å². The molecule has 2 rings (SSSR count). The van der Waals surface area contributed by atoms with E-state index >= 15 is 0 Å². The van der Waals surface area contributed by atoms with Gasteiger partial charge in [-0.2, -0.15) is 0 Å². The van der Waals surface area contributed by atoms with Crippen molar-refractivity contribution in [1.82, 2.24) is 10.6 Å². The van der Waals surface area contributed by atoms with Crippen molar-refractivity contribution < 1.29 is 19.1 Å². The van der Waals surface area contributed by atoms with Gasteiger partial charge < -0.3 is 20.1 Å². The first-order valence-electron chi connectivity index (χ1n) is 10.0. The summed E-state index contributed by atoms with van der Waals surface area (Å²) in [6.07, 6.45) is 6.48. The van der Waals surface area contributed by atoms with E-state index in [1.165, 1.54) is 12.2 Å².